The minimum atomic E-state index is -3.05. The predicted octanol–water partition coefficient (Wildman–Crippen LogP) is 0.742. The summed E-state index contributed by atoms with van der Waals surface area (Å²) < 4.78 is 22.5. The number of carbonyl (C=O) groups excluding carboxylic acids is 1. The summed E-state index contributed by atoms with van der Waals surface area (Å²) in [7, 11) is -3.05. The molecule has 0 heterocycles. The molecule has 0 aliphatic carbocycles. The quantitative estimate of drug-likeness (QED) is 0.772. The van der Waals surface area contributed by atoms with Gasteiger partial charge in [0.1, 0.15) is 0 Å². The van der Waals surface area contributed by atoms with Crippen LogP contribution in [0.15, 0.2) is 18.2 Å². The van der Waals surface area contributed by atoms with Gasteiger partial charge in [0.15, 0.2) is 9.84 Å². The van der Waals surface area contributed by atoms with Crippen LogP contribution >= 0.6 is 0 Å². The first kappa shape index (κ1) is 14.5. The van der Waals surface area contributed by atoms with Gasteiger partial charge < -0.3 is 11.1 Å². The molecular formula is C12H18N2O3S. The molecule has 0 aliphatic rings. The number of amides is 1. The second kappa shape index (κ2) is 5.86. The first-order valence-electron chi connectivity index (χ1n) is 5.70. The molecule has 100 valence electrons. The molecule has 1 aromatic carbocycles. The summed E-state index contributed by atoms with van der Waals surface area (Å²) in [6.07, 6.45) is 0. The summed E-state index contributed by atoms with van der Waals surface area (Å²) in [4.78, 5) is 11.8. The lowest BCUT2D eigenvalue weighted by Gasteiger charge is -2.07. The Labute approximate surface area is 107 Å². The van der Waals surface area contributed by atoms with E-state index in [2.05, 4.69) is 5.32 Å². The van der Waals surface area contributed by atoms with Crippen molar-refractivity contribution in [2.75, 3.05) is 23.8 Å². The maximum absolute atomic E-state index is 11.8. The lowest BCUT2D eigenvalue weighted by atomic mass is 10.1. The van der Waals surface area contributed by atoms with Crippen molar-refractivity contribution in [3.63, 3.8) is 0 Å². The SMILES string of the molecule is CCS(=O)(=O)CCNC(=O)c1cc(C)cc(N)c1. The summed E-state index contributed by atoms with van der Waals surface area (Å²) in [6, 6.07) is 5.04. The Balaban J connectivity index is 2.61. The maximum atomic E-state index is 11.8. The standard InChI is InChI=1S/C12H18N2O3S/c1-3-18(16,17)5-4-14-12(15)10-6-9(2)7-11(13)8-10/h6-8H,3-5,13H2,1-2H3,(H,14,15). The fourth-order valence-electron chi connectivity index (χ4n) is 1.51. The lowest BCUT2D eigenvalue weighted by molar-refractivity contribution is 0.0956. The van der Waals surface area contributed by atoms with Crippen molar-refractivity contribution >= 4 is 21.4 Å². The van der Waals surface area contributed by atoms with Gasteiger partial charge in [0.2, 0.25) is 0 Å². The molecular weight excluding hydrogens is 252 g/mol. The minimum Gasteiger partial charge on any atom is -0.399 e. The first-order valence-corrected chi connectivity index (χ1v) is 7.52. The summed E-state index contributed by atoms with van der Waals surface area (Å²) in [5.41, 5.74) is 7.49. The molecule has 0 aliphatic heterocycles. The fourth-order valence-corrected chi connectivity index (χ4v) is 2.21. The van der Waals surface area contributed by atoms with E-state index in [9.17, 15) is 13.2 Å². The molecule has 1 aromatic rings. The van der Waals surface area contributed by atoms with Crippen molar-refractivity contribution in [2.24, 2.45) is 0 Å². The number of aryl methyl sites for hydroxylation is 1. The highest BCUT2D eigenvalue weighted by Gasteiger charge is 2.10. The van der Waals surface area contributed by atoms with E-state index in [1.54, 1.807) is 25.1 Å². The number of nitrogens with one attached hydrogen (secondary N) is 1. The van der Waals surface area contributed by atoms with Crippen LogP contribution in [-0.2, 0) is 9.84 Å². The topological polar surface area (TPSA) is 89.3 Å². The molecule has 0 saturated carbocycles. The number of carbonyl (C=O) groups is 1. The Bertz CT molecular complexity index is 518. The molecule has 0 spiro atoms. The Hall–Kier alpha value is -1.56. The summed E-state index contributed by atoms with van der Waals surface area (Å²) in [5.74, 6) is -0.270. The van der Waals surface area contributed by atoms with Crippen LogP contribution < -0.4 is 11.1 Å². The van der Waals surface area contributed by atoms with E-state index >= 15 is 0 Å². The second-order valence-corrected chi connectivity index (χ2v) is 6.60. The van der Waals surface area contributed by atoms with Crippen LogP contribution in [0.3, 0.4) is 0 Å². The Morgan fingerprint density at radius 1 is 1.33 bits per heavy atom. The van der Waals surface area contributed by atoms with Crippen LogP contribution in [0.4, 0.5) is 5.69 Å². The molecule has 18 heavy (non-hydrogen) atoms. The number of hydrogen-bond donors (Lipinski definition) is 2. The number of rotatable bonds is 5. The molecule has 0 unspecified atom stereocenters. The number of nitrogen functional groups attached to an aromatic ring is 1. The van der Waals surface area contributed by atoms with Gasteiger partial charge >= 0.3 is 0 Å². The van der Waals surface area contributed by atoms with Crippen LogP contribution in [0.25, 0.3) is 0 Å². The number of nitrogens with two attached hydrogens (primary N) is 1. The van der Waals surface area contributed by atoms with Crippen LogP contribution in [0.2, 0.25) is 0 Å². The third-order valence-corrected chi connectivity index (χ3v) is 4.21. The molecule has 0 aromatic heterocycles. The normalized spacial score (nSPS) is 11.2. The average molecular weight is 270 g/mol. The fraction of sp³-hybridized carbons (Fsp3) is 0.417. The molecule has 0 atom stereocenters. The zero-order chi connectivity index (χ0) is 13.8. The Morgan fingerprint density at radius 3 is 2.56 bits per heavy atom. The number of sulfone groups is 1. The predicted molar refractivity (Wildman–Crippen MR) is 72.3 cm³/mol. The van der Waals surface area contributed by atoms with E-state index in [4.69, 9.17) is 5.73 Å². The first-order chi connectivity index (χ1) is 8.34. The highest BCUT2D eigenvalue weighted by atomic mass is 32.2. The molecule has 0 saturated heterocycles. The van der Waals surface area contributed by atoms with E-state index in [0.717, 1.165) is 5.56 Å². The monoisotopic (exact) mass is 270 g/mol. The van der Waals surface area contributed by atoms with Crippen molar-refractivity contribution in [1.29, 1.82) is 0 Å². The van der Waals surface area contributed by atoms with Crippen molar-refractivity contribution in [1.82, 2.24) is 5.32 Å². The van der Waals surface area contributed by atoms with Crippen LogP contribution in [0.5, 0.6) is 0 Å². The molecule has 6 heteroatoms. The summed E-state index contributed by atoms with van der Waals surface area (Å²) in [6.45, 7) is 3.54. The number of anilines is 1. The molecule has 5 nitrogen and oxygen atoms in total. The van der Waals surface area contributed by atoms with Gasteiger partial charge in [-0.2, -0.15) is 0 Å². The molecule has 0 bridgehead atoms. The number of benzene rings is 1. The Kier molecular flexibility index (Phi) is 4.72. The zero-order valence-corrected chi connectivity index (χ0v) is 11.4. The van der Waals surface area contributed by atoms with E-state index < -0.39 is 9.84 Å². The van der Waals surface area contributed by atoms with Gasteiger partial charge in [0, 0.05) is 23.5 Å². The van der Waals surface area contributed by atoms with Gasteiger partial charge in [-0.15, -0.1) is 0 Å². The van der Waals surface area contributed by atoms with Crippen LogP contribution in [0.1, 0.15) is 22.8 Å². The van der Waals surface area contributed by atoms with E-state index in [1.807, 2.05) is 6.92 Å². The van der Waals surface area contributed by atoms with Gasteiger partial charge in [-0.25, -0.2) is 8.42 Å². The third kappa shape index (κ3) is 4.37. The highest BCUT2D eigenvalue weighted by Crippen LogP contribution is 2.10. The third-order valence-electron chi connectivity index (χ3n) is 2.50. The van der Waals surface area contributed by atoms with Crippen LogP contribution in [-0.4, -0.2) is 32.4 Å². The molecule has 1 rings (SSSR count). The van der Waals surface area contributed by atoms with Crippen molar-refractivity contribution in [3.05, 3.63) is 29.3 Å². The van der Waals surface area contributed by atoms with Gasteiger partial charge in [0.25, 0.3) is 5.91 Å². The molecule has 1 amide bonds. The van der Waals surface area contributed by atoms with Crippen LogP contribution in [0, 0.1) is 6.92 Å². The van der Waals surface area contributed by atoms with Crippen molar-refractivity contribution in [2.45, 2.75) is 13.8 Å². The average Bonchev–Trinajstić information content (AvgIpc) is 2.27. The molecule has 0 fully saturated rings. The van der Waals surface area contributed by atoms with Crippen molar-refractivity contribution in [3.8, 4) is 0 Å². The largest absolute Gasteiger partial charge is 0.399 e. The minimum absolute atomic E-state index is 0.0451. The van der Waals surface area contributed by atoms with Gasteiger partial charge in [-0.3, -0.25) is 4.79 Å². The smallest absolute Gasteiger partial charge is 0.251 e. The van der Waals surface area contributed by atoms with E-state index in [-0.39, 0.29) is 24.0 Å². The maximum Gasteiger partial charge on any atom is 0.251 e. The number of hydrogen-bond acceptors (Lipinski definition) is 4. The zero-order valence-electron chi connectivity index (χ0n) is 10.6. The van der Waals surface area contributed by atoms with E-state index in [0.29, 0.717) is 11.3 Å². The van der Waals surface area contributed by atoms with Crippen molar-refractivity contribution < 1.29 is 13.2 Å². The van der Waals surface area contributed by atoms with Gasteiger partial charge in [-0.1, -0.05) is 6.92 Å². The molecule has 0 radical (unpaired) electrons. The Morgan fingerprint density at radius 2 is 2.00 bits per heavy atom. The van der Waals surface area contributed by atoms with Gasteiger partial charge in [-0.05, 0) is 30.7 Å². The van der Waals surface area contributed by atoms with Gasteiger partial charge in [0.05, 0.1) is 5.75 Å². The summed E-state index contributed by atoms with van der Waals surface area (Å²) >= 11 is 0. The van der Waals surface area contributed by atoms with E-state index in [1.165, 1.54) is 0 Å². The lowest BCUT2D eigenvalue weighted by Crippen LogP contribution is -2.29. The second-order valence-electron chi connectivity index (χ2n) is 4.12. The summed E-state index contributed by atoms with van der Waals surface area (Å²) in [5, 5.41) is 2.57. The molecule has 3 N–H and O–H groups in total. The highest BCUT2D eigenvalue weighted by molar-refractivity contribution is 7.91.